The molecule has 0 aliphatic rings. The van der Waals surface area contributed by atoms with Crippen LogP contribution in [0.4, 0.5) is 0 Å². The van der Waals surface area contributed by atoms with E-state index in [1.54, 1.807) is 6.07 Å². The predicted molar refractivity (Wildman–Crippen MR) is 65.3 cm³/mol. The lowest BCUT2D eigenvalue weighted by Gasteiger charge is -2.09. The molecular formula is C14H14O3. The molecule has 0 heterocycles. The van der Waals surface area contributed by atoms with Gasteiger partial charge in [0.1, 0.15) is 6.61 Å². The minimum Gasteiger partial charge on any atom is -0.504 e. The summed E-state index contributed by atoms with van der Waals surface area (Å²) in [4.78, 5) is 0. The van der Waals surface area contributed by atoms with Crippen molar-refractivity contribution >= 4 is 0 Å². The normalized spacial score (nSPS) is 10.2. The van der Waals surface area contributed by atoms with Crippen molar-refractivity contribution in [3.63, 3.8) is 0 Å². The summed E-state index contributed by atoms with van der Waals surface area (Å²) in [6, 6.07) is 12.4. The second-order valence-electron chi connectivity index (χ2n) is 3.90. The number of phenolic OH excluding ortho intramolecular Hbond substituents is 2. The fraction of sp³-hybridized carbons (Fsp3) is 0.143. The molecule has 0 bridgehead atoms. The van der Waals surface area contributed by atoms with Crippen molar-refractivity contribution < 1.29 is 14.9 Å². The second kappa shape index (κ2) is 4.78. The van der Waals surface area contributed by atoms with Gasteiger partial charge in [-0.2, -0.15) is 0 Å². The number of hydrogen-bond donors (Lipinski definition) is 2. The van der Waals surface area contributed by atoms with Crippen LogP contribution in [-0.4, -0.2) is 10.2 Å². The van der Waals surface area contributed by atoms with Gasteiger partial charge >= 0.3 is 0 Å². The molecule has 0 aromatic heterocycles. The van der Waals surface area contributed by atoms with Gasteiger partial charge < -0.3 is 14.9 Å². The van der Waals surface area contributed by atoms with Crippen molar-refractivity contribution in [3.05, 3.63) is 53.6 Å². The van der Waals surface area contributed by atoms with Crippen molar-refractivity contribution in [2.45, 2.75) is 13.5 Å². The van der Waals surface area contributed by atoms with E-state index in [4.69, 9.17) is 4.74 Å². The van der Waals surface area contributed by atoms with E-state index < -0.39 is 0 Å². The van der Waals surface area contributed by atoms with Gasteiger partial charge in [-0.25, -0.2) is 0 Å². The van der Waals surface area contributed by atoms with Crippen LogP contribution in [0.3, 0.4) is 0 Å². The lowest BCUT2D eigenvalue weighted by atomic mass is 10.1. The Hall–Kier alpha value is -2.16. The Bertz CT molecular complexity index is 500. The maximum Gasteiger partial charge on any atom is 0.203 e. The highest BCUT2D eigenvalue weighted by Crippen LogP contribution is 2.35. The number of rotatable bonds is 3. The van der Waals surface area contributed by atoms with Gasteiger partial charge in [-0.1, -0.05) is 35.9 Å². The van der Waals surface area contributed by atoms with Crippen LogP contribution in [0.2, 0.25) is 0 Å². The maximum absolute atomic E-state index is 9.54. The zero-order valence-electron chi connectivity index (χ0n) is 9.55. The van der Waals surface area contributed by atoms with Gasteiger partial charge in [-0.15, -0.1) is 0 Å². The smallest absolute Gasteiger partial charge is 0.203 e. The van der Waals surface area contributed by atoms with Crippen LogP contribution in [0.5, 0.6) is 17.2 Å². The van der Waals surface area contributed by atoms with Gasteiger partial charge in [-0.3, -0.25) is 0 Å². The Kier molecular flexibility index (Phi) is 3.19. The largest absolute Gasteiger partial charge is 0.504 e. The molecule has 2 aromatic rings. The van der Waals surface area contributed by atoms with E-state index in [-0.39, 0.29) is 17.2 Å². The van der Waals surface area contributed by atoms with Gasteiger partial charge in [0.2, 0.25) is 5.75 Å². The zero-order valence-corrected chi connectivity index (χ0v) is 9.55. The van der Waals surface area contributed by atoms with Crippen molar-refractivity contribution in [1.82, 2.24) is 0 Å². The van der Waals surface area contributed by atoms with Gasteiger partial charge in [0.05, 0.1) is 0 Å². The van der Waals surface area contributed by atoms with Crippen LogP contribution in [0, 0.1) is 6.92 Å². The first-order chi connectivity index (χ1) is 8.16. The van der Waals surface area contributed by atoms with Crippen molar-refractivity contribution in [2.75, 3.05) is 0 Å². The third-order valence-corrected chi connectivity index (χ3v) is 2.44. The second-order valence-corrected chi connectivity index (χ2v) is 3.90. The summed E-state index contributed by atoms with van der Waals surface area (Å²) < 4.78 is 5.41. The van der Waals surface area contributed by atoms with Crippen LogP contribution in [0.25, 0.3) is 0 Å². The summed E-state index contributed by atoms with van der Waals surface area (Å²) in [5.41, 5.74) is 2.14. The molecule has 17 heavy (non-hydrogen) atoms. The minimum atomic E-state index is -0.0577. The molecule has 2 N–H and O–H groups in total. The zero-order chi connectivity index (χ0) is 12.3. The molecular weight excluding hydrogens is 216 g/mol. The molecule has 0 fully saturated rings. The molecule has 0 aliphatic carbocycles. The summed E-state index contributed by atoms with van der Waals surface area (Å²) in [7, 11) is 0. The molecule has 3 nitrogen and oxygen atoms in total. The van der Waals surface area contributed by atoms with E-state index in [2.05, 4.69) is 0 Å². The maximum atomic E-state index is 9.54. The summed E-state index contributed by atoms with van der Waals surface area (Å²) >= 11 is 0. The molecule has 0 saturated carbocycles. The van der Waals surface area contributed by atoms with E-state index in [0.29, 0.717) is 6.61 Å². The first-order valence-corrected chi connectivity index (χ1v) is 5.36. The van der Waals surface area contributed by atoms with Gasteiger partial charge in [0.25, 0.3) is 0 Å². The fourth-order valence-electron chi connectivity index (χ4n) is 1.62. The van der Waals surface area contributed by atoms with E-state index in [0.717, 1.165) is 11.1 Å². The van der Waals surface area contributed by atoms with E-state index in [9.17, 15) is 10.2 Å². The molecule has 88 valence electrons. The third kappa shape index (κ3) is 2.69. The lowest BCUT2D eigenvalue weighted by molar-refractivity contribution is 0.273. The number of phenols is 2. The van der Waals surface area contributed by atoms with Crippen LogP contribution >= 0.6 is 0 Å². The number of para-hydroxylation sites is 1. The van der Waals surface area contributed by atoms with E-state index in [1.807, 2.05) is 31.2 Å². The van der Waals surface area contributed by atoms with E-state index in [1.165, 1.54) is 12.1 Å². The lowest BCUT2D eigenvalue weighted by Crippen LogP contribution is -1.96. The Balaban J connectivity index is 2.13. The van der Waals surface area contributed by atoms with Crippen molar-refractivity contribution in [1.29, 1.82) is 0 Å². The SMILES string of the molecule is Cc1cccc(COc2c(O)cccc2O)c1. The molecule has 0 spiro atoms. The van der Waals surface area contributed by atoms with Gasteiger partial charge in [0, 0.05) is 0 Å². The van der Waals surface area contributed by atoms with Crippen LogP contribution in [0.15, 0.2) is 42.5 Å². The summed E-state index contributed by atoms with van der Waals surface area (Å²) in [6.07, 6.45) is 0. The summed E-state index contributed by atoms with van der Waals surface area (Å²) in [6.45, 7) is 2.31. The summed E-state index contributed by atoms with van der Waals surface area (Å²) in [5, 5.41) is 19.1. The molecule has 0 saturated heterocycles. The van der Waals surface area contributed by atoms with Crippen LogP contribution < -0.4 is 4.74 Å². The Morgan fingerprint density at radius 2 is 1.65 bits per heavy atom. The molecule has 0 amide bonds. The Morgan fingerprint density at radius 1 is 1.00 bits per heavy atom. The van der Waals surface area contributed by atoms with Crippen molar-refractivity contribution in [2.24, 2.45) is 0 Å². The average molecular weight is 230 g/mol. The van der Waals surface area contributed by atoms with Crippen molar-refractivity contribution in [3.8, 4) is 17.2 Å². The molecule has 0 atom stereocenters. The first kappa shape index (κ1) is 11.3. The highest BCUT2D eigenvalue weighted by atomic mass is 16.5. The number of benzene rings is 2. The highest BCUT2D eigenvalue weighted by molar-refractivity contribution is 5.49. The first-order valence-electron chi connectivity index (χ1n) is 5.36. The topological polar surface area (TPSA) is 49.7 Å². The minimum absolute atomic E-state index is 0.0577. The molecule has 2 aromatic carbocycles. The average Bonchev–Trinajstić information content (AvgIpc) is 2.28. The highest BCUT2D eigenvalue weighted by Gasteiger charge is 2.07. The van der Waals surface area contributed by atoms with E-state index >= 15 is 0 Å². The molecule has 2 rings (SSSR count). The van der Waals surface area contributed by atoms with Crippen LogP contribution in [-0.2, 0) is 6.61 Å². The quantitative estimate of drug-likeness (QED) is 0.852. The molecule has 3 heteroatoms. The molecule has 0 radical (unpaired) electrons. The predicted octanol–water partition coefficient (Wildman–Crippen LogP) is 2.99. The van der Waals surface area contributed by atoms with Gasteiger partial charge in [0.15, 0.2) is 11.5 Å². The molecule has 0 unspecified atom stereocenters. The standard InChI is InChI=1S/C14H14O3/c1-10-4-2-5-11(8-10)9-17-14-12(15)6-3-7-13(14)16/h2-8,15-16H,9H2,1H3. The monoisotopic (exact) mass is 230 g/mol. The molecule has 0 aliphatic heterocycles. The van der Waals surface area contributed by atoms with Gasteiger partial charge in [-0.05, 0) is 24.6 Å². The Morgan fingerprint density at radius 3 is 2.29 bits per heavy atom. The Labute approximate surface area is 99.9 Å². The third-order valence-electron chi connectivity index (χ3n) is 2.44. The summed E-state index contributed by atoms with van der Waals surface area (Å²) in [5.74, 6) is 0.00399. The fourth-order valence-corrected chi connectivity index (χ4v) is 1.62. The number of aromatic hydroxyl groups is 2. The number of hydrogen-bond acceptors (Lipinski definition) is 3. The number of ether oxygens (including phenoxy) is 1. The number of aryl methyl sites for hydroxylation is 1. The van der Waals surface area contributed by atoms with Crippen LogP contribution in [0.1, 0.15) is 11.1 Å².